The summed E-state index contributed by atoms with van der Waals surface area (Å²) >= 11 is 7.45. The zero-order valence-electron chi connectivity index (χ0n) is 13.8. The summed E-state index contributed by atoms with van der Waals surface area (Å²) in [6.07, 6.45) is 1.09. The van der Waals surface area contributed by atoms with E-state index in [-0.39, 0.29) is 27.6 Å². The van der Waals surface area contributed by atoms with E-state index in [4.69, 9.17) is 16.3 Å². The van der Waals surface area contributed by atoms with Crippen LogP contribution in [-0.2, 0) is 0 Å². The third-order valence-electron chi connectivity index (χ3n) is 3.63. The van der Waals surface area contributed by atoms with Crippen LogP contribution < -0.4 is 10.2 Å². The molecule has 0 unspecified atom stereocenters. The lowest BCUT2D eigenvalue weighted by atomic mass is 10.2. The number of benzene rings is 2. The van der Waals surface area contributed by atoms with Crippen LogP contribution in [0, 0.1) is 10.1 Å². The molecule has 138 valence electrons. The number of phenols is 1. The lowest BCUT2D eigenvalue weighted by Crippen LogP contribution is -2.16. The van der Waals surface area contributed by atoms with E-state index >= 15 is 0 Å². The number of nitro groups is 1. The average molecular weight is 406 g/mol. The predicted octanol–water partition coefficient (Wildman–Crippen LogP) is 3.94. The number of methoxy groups -OCH3 is 1. The minimum atomic E-state index is -0.630. The summed E-state index contributed by atoms with van der Waals surface area (Å²) in [7, 11) is 1.27. The minimum Gasteiger partial charge on any atom is -0.504 e. The first-order valence-electron chi connectivity index (χ1n) is 7.48. The number of carbonyl (C=O) groups is 1. The Morgan fingerprint density at radius 3 is 2.81 bits per heavy atom. The van der Waals surface area contributed by atoms with Gasteiger partial charge in [0.2, 0.25) is 0 Å². The van der Waals surface area contributed by atoms with Crippen LogP contribution in [0.5, 0.6) is 11.5 Å². The molecule has 0 atom stereocenters. The molecule has 1 heterocycles. The Bertz CT molecular complexity index is 1080. The number of ether oxygens (including phenoxy) is 1. The van der Waals surface area contributed by atoms with Crippen LogP contribution in [0.25, 0.3) is 10.1 Å². The largest absolute Gasteiger partial charge is 0.504 e. The summed E-state index contributed by atoms with van der Waals surface area (Å²) in [5, 5.41) is 25.8. The number of nitrogens with one attached hydrogen (secondary N) is 1. The van der Waals surface area contributed by atoms with Gasteiger partial charge in [0.15, 0.2) is 11.5 Å². The van der Waals surface area contributed by atoms with Gasteiger partial charge in [0, 0.05) is 21.7 Å². The Hall–Kier alpha value is -3.17. The van der Waals surface area contributed by atoms with Gasteiger partial charge in [-0.3, -0.25) is 14.9 Å². The number of hydrogen-bond donors (Lipinski definition) is 2. The molecule has 0 radical (unpaired) electrons. The zero-order valence-corrected chi connectivity index (χ0v) is 15.4. The Morgan fingerprint density at radius 1 is 1.41 bits per heavy atom. The van der Waals surface area contributed by atoms with E-state index in [2.05, 4.69) is 10.5 Å². The number of amides is 1. The number of carbonyl (C=O) groups excluding carboxylic acids is 1. The quantitative estimate of drug-likeness (QED) is 0.379. The molecule has 0 saturated heterocycles. The zero-order chi connectivity index (χ0) is 19.6. The summed E-state index contributed by atoms with van der Waals surface area (Å²) in [6, 6.07) is 9.51. The van der Waals surface area contributed by atoms with Crippen molar-refractivity contribution >= 4 is 50.8 Å². The molecule has 0 bridgehead atoms. The fourth-order valence-electron chi connectivity index (χ4n) is 2.34. The molecule has 0 aliphatic carbocycles. The molecule has 0 aliphatic rings. The molecular formula is C17H12ClN3O5S. The van der Waals surface area contributed by atoms with E-state index in [1.807, 2.05) is 24.3 Å². The van der Waals surface area contributed by atoms with E-state index in [0.29, 0.717) is 5.02 Å². The third kappa shape index (κ3) is 3.69. The molecule has 1 aromatic heterocycles. The van der Waals surface area contributed by atoms with Crippen LogP contribution in [0.4, 0.5) is 5.69 Å². The minimum absolute atomic E-state index is 0.0174. The van der Waals surface area contributed by atoms with Gasteiger partial charge in [0.05, 0.1) is 29.3 Å². The number of nitro benzene ring substituents is 1. The van der Waals surface area contributed by atoms with Crippen molar-refractivity contribution in [3.63, 3.8) is 0 Å². The highest BCUT2D eigenvalue weighted by atomic mass is 35.5. The highest BCUT2D eigenvalue weighted by molar-refractivity contribution is 7.21. The maximum atomic E-state index is 12.3. The maximum Gasteiger partial charge on any atom is 0.283 e. The van der Waals surface area contributed by atoms with Gasteiger partial charge < -0.3 is 9.84 Å². The summed E-state index contributed by atoms with van der Waals surface area (Å²) in [5.74, 6) is -0.945. The molecule has 3 rings (SSSR count). The van der Waals surface area contributed by atoms with Crippen molar-refractivity contribution in [2.24, 2.45) is 5.10 Å². The van der Waals surface area contributed by atoms with Crippen LogP contribution in [0.1, 0.15) is 15.2 Å². The lowest BCUT2D eigenvalue weighted by molar-refractivity contribution is -0.385. The molecule has 0 saturated carbocycles. The summed E-state index contributed by atoms with van der Waals surface area (Å²) in [4.78, 5) is 22.9. The molecule has 1 amide bonds. The summed E-state index contributed by atoms with van der Waals surface area (Å²) < 4.78 is 5.76. The van der Waals surface area contributed by atoms with Crippen molar-refractivity contribution in [1.82, 2.24) is 5.43 Å². The van der Waals surface area contributed by atoms with Gasteiger partial charge in [-0.1, -0.05) is 29.8 Å². The van der Waals surface area contributed by atoms with Gasteiger partial charge in [-0.05, 0) is 6.07 Å². The number of thiophene rings is 1. The van der Waals surface area contributed by atoms with Crippen LogP contribution in [-0.4, -0.2) is 29.3 Å². The van der Waals surface area contributed by atoms with Crippen molar-refractivity contribution in [2.45, 2.75) is 0 Å². The monoisotopic (exact) mass is 405 g/mol. The Morgan fingerprint density at radius 2 is 2.15 bits per heavy atom. The Kier molecular flexibility index (Phi) is 5.24. The van der Waals surface area contributed by atoms with Crippen molar-refractivity contribution in [2.75, 3.05) is 7.11 Å². The summed E-state index contributed by atoms with van der Waals surface area (Å²) in [6.45, 7) is 0. The number of non-ortho nitro benzene ring substituents is 1. The number of rotatable bonds is 5. The number of fused-ring (bicyclic) bond motifs is 1. The van der Waals surface area contributed by atoms with Crippen LogP contribution >= 0.6 is 22.9 Å². The van der Waals surface area contributed by atoms with E-state index in [1.165, 1.54) is 18.4 Å². The molecular weight excluding hydrogens is 394 g/mol. The SMILES string of the molecule is COc1cc([N+](=O)[O-])cc(/C=N\NC(=O)c2sc3ccccc3c2Cl)c1O. The van der Waals surface area contributed by atoms with E-state index < -0.39 is 10.8 Å². The fraction of sp³-hybridized carbons (Fsp3) is 0.0588. The Labute approximate surface area is 161 Å². The highest BCUT2D eigenvalue weighted by Crippen LogP contribution is 2.35. The van der Waals surface area contributed by atoms with Crippen LogP contribution in [0.2, 0.25) is 5.02 Å². The number of halogens is 1. The van der Waals surface area contributed by atoms with Gasteiger partial charge >= 0.3 is 0 Å². The molecule has 3 aromatic rings. The number of hydrazone groups is 1. The summed E-state index contributed by atoms with van der Waals surface area (Å²) in [5.41, 5.74) is 2.03. The van der Waals surface area contributed by atoms with Crippen LogP contribution in [0.15, 0.2) is 41.5 Å². The highest BCUT2D eigenvalue weighted by Gasteiger charge is 2.18. The second kappa shape index (κ2) is 7.60. The molecule has 10 heteroatoms. The van der Waals surface area contributed by atoms with E-state index in [9.17, 15) is 20.0 Å². The first kappa shape index (κ1) is 18.6. The average Bonchev–Trinajstić information content (AvgIpc) is 3.00. The van der Waals surface area contributed by atoms with Crippen molar-refractivity contribution in [3.8, 4) is 11.5 Å². The molecule has 2 aromatic carbocycles. The lowest BCUT2D eigenvalue weighted by Gasteiger charge is -2.05. The first-order chi connectivity index (χ1) is 12.9. The van der Waals surface area contributed by atoms with E-state index in [1.54, 1.807) is 0 Å². The Balaban J connectivity index is 1.84. The third-order valence-corrected chi connectivity index (χ3v) is 5.30. The topological polar surface area (TPSA) is 114 Å². The molecule has 27 heavy (non-hydrogen) atoms. The molecule has 2 N–H and O–H groups in total. The number of nitrogens with zero attached hydrogens (tertiary/aromatic N) is 2. The first-order valence-corrected chi connectivity index (χ1v) is 8.67. The molecule has 0 fully saturated rings. The van der Waals surface area contributed by atoms with Crippen LogP contribution in [0.3, 0.4) is 0 Å². The van der Waals surface area contributed by atoms with Gasteiger partial charge in [-0.15, -0.1) is 11.3 Å². The van der Waals surface area contributed by atoms with Gasteiger partial charge in [0.1, 0.15) is 4.88 Å². The molecule has 0 spiro atoms. The number of phenolic OH excluding ortho intramolecular Hbond substituents is 1. The standard InChI is InChI=1S/C17H12ClN3O5S/c1-26-12-7-10(21(24)25)6-9(15(12)22)8-19-20-17(23)16-14(18)11-4-2-3-5-13(11)27-16/h2-8,22H,1H3,(H,20,23)/b19-8-. The fourth-order valence-corrected chi connectivity index (χ4v) is 3.75. The second-order valence-electron chi connectivity index (χ2n) is 5.28. The van der Waals surface area contributed by atoms with Gasteiger partial charge in [-0.2, -0.15) is 5.10 Å². The smallest absolute Gasteiger partial charge is 0.283 e. The van der Waals surface area contributed by atoms with Crippen molar-refractivity contribution in [1.29, 1.82) is 0 Å². The van der Waals surface area contributed by atoms with Gasteiger partial charge in [0.25, 0.3) is 11.6 Å². The predicted molar refractivity (Wildman–Crippen MR) is 103 cm³/mol. The molecule has 8 nitrogen and oxygen atoms in total. The van der Waals surface area contributed by atoms with Gasteiger partial charge in [-0.25, -0.2) is 5.43 Å². The second-order valence-corrected chi connectivity index (χ2v) is 6.71. The number of aromatic hydroxyl groups is 1. The maximum absolute atomic E-state index is 12.3. The van der Waals surface area contributed by atoms with Crippen molar-refractivity contribution < 1.29 is 19.6 Å². The van der Waals surface area contributed by atoms with E-state index in [0.717, 1.165) is 28.4 Å². The normalized spacial score (nSPS) is 11.0. The number of hydrogen-bond acceptors (Lipinski definition) is 7. The van der Waals surface area contributed by atoms with Crippen molar-refractivity contribution in [3.05, 3.63) is 62.0 Å². The molecule has 0 aliphatic heterocycles.